The smallest absolute Gasteiger partial charge is 0.220 e. The lowest BCUT2D eigenvalue weighted by Crippen LogP contribution is -1.96. The second-order valence-electron chi connectivity index (χ2n) is 5.18. The normalized spacial score (nSPS) is 14.0. The topological polar surface area (TPSA) is 64.9 Å². The monoisotopic (exact) mass is 325 g/mol. The molecule has 0 radical (unpaired) electrons. The fourth-order valence-electron chi connectivity index (χ4n) is 2.29. The highest BCUT2D eigenvalue weighted by atomic mass is 32.1. The molecule has 0 aliphatic heterocycles. The first-order chi connectivity index (χ1) is 11.3. The van der Waals surface area contributed by atoms with Crippen molar-refractivity contribution in [1.82, 2.24) is 19.7 Å². The number of ether oxygens (including phenoxy) is 1. The van der Waals surface area contributed by atoms with Crippen LogP contribution < -0.4 is 10.1 Å². The molecule has 0 atom stereocenters. The van der Waals surface area contributed by atoms with Gasteiger partial charge >= 0.3 is 0 Å². The van der Waals surface area contributed by atoms with Crippen LogP contribution in [0.25, 0.3) is 10.3 Å². The molecule has 0 unspecified atom stereocenters. The molecule has 6 nitrogen and oxygen atoms in total. The van der Waals surface area contributed by atoms with Gasteiger partial charge in [-0.1, -0.05) is 17.4 Å². The zero-order valence-corrected chi connectivity index (χ0v) is 13.4. The van der Waals surface area contributed by atoms with Gasteiger partial charge in [-0.05, 0) is 31.1 Å². The number of aromatic nitrogens is 4. The van der Waals surface area contributed by atoms with Crippen LogP contribution in [0.5, 0.6) is 5.88 Å². The van der Waals surface area contributed by atoms with E-state index in [0.29, 0.717) is 5.88 Å². The molecular weight excluding hydrogens is 310 g/mol. The summed E-state index contributed by atoms with van der Waals surface area (Å²) in [7, 11) is 1.88. The third-order valence-electron chi connectivity index (χ3n) is 3.36. The predicted molar refractivity (Wildman–Crippen MR) is 91.0 cm³/mol. The number of fused-ring (bicyclic) bond motifs is 1. The molecule has 116 valence electrons. The van der Waals surface area contributed by atoms with E-state index in [0.717, 1.165) is 39.9 Å². The Balaban J connectivity index is 1.56. The number of pyridine rings is 1. The molecule has 0 fully saturated rings. The van der Waals surface area contributed by atoms with Crippen LogP contribution >= 0.6 is 11.3 Å². The van der Waals surface area contributed by atoms with Gasteiger partial charge in [-0.25, -0.2) is 9.97 Å². The van der Waals surface area contributed by atoms with E-state index in [1.165, 1.54) is 11.3 Å². The van der Waals surface area contributed by atoms with E-state index in [4.69, 9.17) is 4.74 Å². The second-order valence-corrected chi connectivity index (χ2v) is 6.16. The minimum absolute atomic E-state index is 0.586. The summed E-state index contributed by atoms with van der Waals surface area (Å²) in [5.41, 5.74) is 0.842. The van der Waals surface area contributed by atoms with Crippen molar-refractivity contribution in [2.45, 2.75) is 12.8 Å². The number of nitrogens with one attached hydrogen (secondary N) is 1. The molecule has 7 heteroatoms. The number of rotatable bonds is 4. The molecule has 3 aromatic rings. The summed E-state index contributed by atoms with van der Waals surface area (Å²) in [5.74, 6) is 2.20. The maximum absolute atomic E-state index is 5.80. The van der Waals surface area contributed by atoms with E-state index in [1.54, 1.807) is 4.68 Å². The lowest BCUT2D eigenvalue weighted by Gasteiger charge is -2.07. The van der Waals surface area contributed by atoms with Crippen LogP contribution in [0.15, 0.2) is 48.4 Å². The highest BCUT2D eigenvalue weighted by molar-refractivity contribution is 7.21. The fourth-order valence-corrected chi connectivity index (χ4v) is 3.12. The summed E-state index contributed by atoms with van der Waals surface area (Å²) in [5, 5.41) is 8.23. The molecular formula is C16H15N5OS. The Labute approximate surface area is 137 Å². The summed E-state index contributed by atoms with van der Waals surface area (Å²) in [4.78, 5) is 9.88. The van der Waals surface area contributed by atoms with Crippen molar-refractivity contribution in [2.24, 2.45) is 7.05 Å². The molecule has 1 N–H and O–H groups in total. The number of thiazole rings is 1. The van der Waals surface area contributed by atoms with Crippen LogP contribution in [0.3, 0.4) is 0 Å². The van der Waals surface area contributed by atoms with Gasteiger partial charge in [0.2, 0.25) is 5.88 Å². The largest absolute Gasteiger partial charge is 0.439 e. The maximum Gasteiger partial charge on any atom is 0.220 e. The van der Waals surface area contributed by atoms with Gasteiger partial charge in [0.1, 0.15) is 16.1 Å². The maximum atomic E-state index is 5.80. The number of nitrogens with zero attached hydrogens (tertiary/aromatic N) is 4. The summed E-state index contributed by atoms with van der Waals surface area (Å²) in [6.45, 7) is 0. The van der Waals surface area contributed by atoms with E-state index in [2.05, 4.69) is 32.5 Å². The lowest BCUT2D eigenvalue weighted by atomic mass is 10.2. The zero-order valence-electron chi connectivity index (χ0n) is 12.6. The number of anilines is 2. The molecule has 3 aromatic heterocycles. The standard InChI is InChI=1S/C16H15N5OS/c1-21-10-9-13(20-21)18-16-17-12-7-8-14(19-15(12)23-16)22-11-5-3-2-4-6-11/h3,5-10H,2,4H2,1H3,(H,17,18,20). The molecule has 3 heterocycles. The fraction of sp³-hybridized carbons (Fsp3) is 0.188. The van der Waals surface area contributed by atoms with Gasteiger partial charge in [-0.3, -0.25) is 4.68 Å². The van der Waals surface area contributed by atoms with Crippen molar-refractivity contribution in [2.75, 3.05) is 5.32 Å². The molecule has 0 amide bonds. The highest BCUT2D eigenvalue weighted by Gasteiger charge is 2.09. The minimum atomic E-state index is 0.586. The molecule has 0 aromatic carbocycles. The van der Waals surface area contributed by atoms with Gasteiger partial charge in [0.15, 0.2) is 10.9 Å². The van der Waals surface area contributed by atoms with Crippen LogP contribution in [0.4, 0.5) is 10.9 Å². The van der Waals surface area contributed by atoms with Crippen molar-refractivity contribution in [3.63, 3.8) is 0 Å². The Morgan fingerprint density at radius 1 is 1.22 bits per heavy atom. The van der Waals surface area contributed by atoms with E-state index in [1.807, 2.05) is 37.5 Å². The van der Waals surface area contributed by atoms with Gasteiger partial charge in [0.05, 0.1) is 0 Å². The third-order valence-corrected chi connectivity index (χ3v) is 4.24. The minimum Gasteiger partial charge on any atom is -0.439 e. The first-order valence-corrected chi connectivity index (χ1v) is 8.17. The van der Waals surface area contributed by atoms with Gasteiger partial charge in [-0.15, -0.1) is 0 Å². The van der Waals surface area contributed by atoms with Crippen molar-refractivity contribution in [3.8, 4) is 5.88 Å². The lowest BCUT2D eigenvalue weighted by molar-refractivity contribution is 0.424. The van der Waals surface area contributed by atoms with Gasteiger partial charge in [0, 0.05) is 25.4 Å². The van der Waals surface area contributed by atoms with Gasteiger partial charge in [-0.2, -0.15) is 5.10 Å². The van der Waals surface area contributed by atoms with Crippen molar-refractivity contribution >= 4 is 32.6 Å². The third kappa shape index (κ3) is 3.09. The Hall–Kier alpha value is -2.67. The quantitative estimate of drug-likeness (QED) is 0.791. The van der Waals surface area contributed by atoms with Crippen LogP contribution in [0.1, 0.15) is 12.8 Å². The molecule has 4 rings (SSSR count). The highest BCUT2D eigenvalue weighted by Crippen LogP contribution is 2.28. The van der Waals surface area contributed by atoms with Gasteiger partial charge in [0.25, 0.3) is 0 Å². The first-order valence-electron chi connectivity index (χ1n) is 7.35. The van der Waals surface area contributed by atoms with E-state index < -0.39 is 0 Å². The van der Waals surface area contributed by atoms with E-state index >= 15 is 0 Å². The molecule has 0 saturated heterocycles. The number of hydrogen-bond acceptors (Lipinski definition) is 6. The van der Waals surface area contributed by atoms with Crippen LogP contribution in [-0.2, 0) is 7.05 Å². The number of aryl methyl sites for hydroxylation is 1. The molecule has 1 aliphatic rings. The summed E-state index contributed by atoms with van der Waals surface area (Å²) >= 11 is 1.48. The molecule has 0 saturated carbocycles. The van der Waals surface area contributed by atoms with Gasteiger partial charge < -0.3 is 10.1 Å². The van der Waals surface area contributed by atoms with Crippen LogP contribution in [0, 0.1) is 0 Å². The average molecular weight is 325 g/mol. The predicted octanol–water partition coefficient (Wildman–Crippen LogP) is 3.78. The van der Waals surface area contributed by atoms with Crippen molar-refractivity contribution in [3.05, 3.63) is 48.4 Å². The number of hydrogen-bond donors (Lipinski definition) is 1. The SMILES string of the molecule is Cn1ccc(Nc2nc3ccc(OC4=CCCC=C4)nc3s2)n1. The second kappa shape index (κ2) is 5.85. The summed E-state index contributed by atoms with van der Waals surface area (Å²) in [6.07, 6.45) is 10.1. The Morgan fingerprint density at radius 3 is 2.96 bits per heavy atom. The van der Waals surface area contributed by atoms with Crippen LogP contribution in [0.2, 0.25) is 0 Å². The molecule has 0 spiro atoms. The van der Waals surface area contributed by atoms with Crippen LogP contribution in [-0.4, -0.2) is 19.7 Å². The molecule has 23 heavy (non-hydrogen) atoms. The van der Waals surface area contributed by atoms with E-state index in [-0.39, 0.29) is 0 Å². The summed E-state index contributed by atoms with van der Waals surface area (Å²) < 4.78 is 7.54. The molecule has 1 aliphatic carbocycles. The number of allylic oxidation sites excluding steroid dienone is 3. The van der Waals surface area contributed by atoms with Crippen molar-refractivity contribution < 1.29 is 4.74 Å². The first kappa shape index (κ1) is 14.0. The van der Waals surface area contributed by atoms with Crippen molar-refractivity contribution in [1.29, 1.82) is 0 Å². The Bertz CT molecular complexity index is 908. The zero-order chi connectivity index (χ0) is 15.6. The van der Waals surface area contributed by atoms with E-state index in [9.17, 15) is 0 Å². The molecule has 0 bridgehead atoms. The average Bonchev–Trinajstić information content (AvgIpc) is 3.14. The summed E-state index contributed by atoms with van der Waals surface area (Å²) in [6, 6.07) is 5.66. The Morgan fingerprint density at radius 2 is 2.17 bits per heavy atom. The Kier molecular flexibility index (Phi) is 3.55.